The number of hydrogen-bond donors (Lipinski definition) is 2. The lowest BCUT2D eigenvalue weighted by molar-refractivity contribution is 0.475. The first-order chi connectivity index (χ1) is 10.1. The molecule has 3 rings (SSSR count). The highest BCUT2D eigenvalue weighted by molar-refractivity contribution is 6.33. The van der Waals surface area contributed by atoms with Crippen LogP contribution in [0.25, 0.3) is 10.8 Å². The highest BCUT2D eigenvalue weighted by Crippen LogP contribution is 2.28. The fourth-order valence-electron chi connectivity index (χ4n) is 2.16. The lowest BCUT2D eigenvalue weighted by Gasteiger charge is -2.05. The molecule has 3 nitrogen and oxygen atoms in total. The number of aliphatic imine (C=N–C) groups is 1. The predicted octanol–water partition coefficient (Wildman–Crippen LogP) is 4.53. The predicted molar refractivity (Wildman–Crippen MR) is 88.7 cm³/mol. The molecule has 104 valence electrons. The fraction of sp³-hybridized carbons (Fsp3) is 0. The molecule has 0 atom stereocenters. The van der Waals surface area contributed by atoms with E-state index in [4.69, 9.17) is 17.3 Å². The largest absolute Gasteiger partial charge is 0.507 e. The minimum absolute atomic E-state index is 0.194. The zero-order valence-corrected chi connectivity index (χ0v) is 11.9. The number of nitrogen functional groups attached to an aromatic ring is 1. The van der Waals surface area contributed by atoms with Crippen molar-refractivity contribution in [3.63, 3.8) is 0 Å². The van der Waals surface area contributed by atoms with Gasteiger partial charge in [0.1, 0.15) is 5.75 Å². The Bertz CT molecular complexity index is 843. The molecule has 3 aromatic rings. The molecule has 0 aliphatic rings. The van der Waals surface area contributed by atoms with Gasteiger partial charge in [-0.3, -0.25) is 4.99 Å². The first-order valence-corrected chi connectivity index (χ1v) is 6.83. The summed E-state index contributed by atoms with van der Waals surface area (Å²) in [5.41, 5.74) is 7.55. The summed E-state index contributed by atoms with van der Waals surface area (Å²) in [6, 6.07) is 16.5. The first-order valence-electron chi connectivity index (χ1n) is 6.45. The molecule has 0 saturated carbocycles. The van der Waals surface area contributed by atoms with Crippen molar-refractivity contribution in [3.05, 3.63) is 65.2 Å². The van der Waals surface area contributed by atoms with E-state index in [0.717, 1.165) is 10.8 Å². The quantitative estimate of drug-likeness (QED) is 0.539. The maximum absolute atomic E-state index is 10.0. The van der Waals surface area contributed by atoms with Gasteiger partial charge in [-0.25, -0.2) is 0 Å². The van der Waals surface area contributed by atoms with E-state index in [1.54, 1.807) is 30.5 Å². The van der Waals surface area contributed by atoms with E-state index in [9.17, 15) is 5.11 Å². The van der Waals surface area contributed by atoms with Crippen LogP contribution >= 0.6 is 11.6 Å². The number of anilines is 1. The van der Waals surface area contributed by atoms with Gasteiger partial charge in [0.05, 0.1) is 16.4 Å². The van der Waals surface area contributed by atoms with Gasteiger partial charge in [0.2, 0.25) is 0 Å². The summed E-state index contributed by atoms with van der Waals surface area (Å²) in [5, 5.41) is 12.5. The van der Waals surface area contributed by atoms with Crippen LogP contribution < -0.4 is 5.73 Å². The van der Waals surface area contributed by atoms with Crippen molar-refractivity contribution in [2.24, 2.45) is 4.99 Å². The van der Waals surface area contributed by atoms with Crippen LogP contribution in [-0.4, -0.2) is 11.3 Å². The Morgan fingerprint density at radius 1 is 1.05 bits per heavy atom. The monoisotopic (exact) mass is 296 g/mol. The molecule has 0 aliphatic carbocycles. The molecule has 0 saturated heterocycles. The number of fused-ring (bicyclic) bond motifs is 1. The van der Waals surface area contributed by atoms with Gasteiger partial charge in [0.15, 0.2) is 0 Å². The molecule has 3 N–H and O–H groups in total. The number of rotatable bonds is 2. The van der Waals surface area contributed by atoms with Gasteiger partial charge < -0.3 is 10.8 Å². The van der Waals surface area contributed by atoms with Crippen LogP contribution in [0.15, 0.2) is 59.6 Å². The van der Waals surface area contributed by atoms with Crippen LogP contribution in [0.2, 0.25) is 5.02 Å². The van der Waals surface area contributed by atoms with Crippen LogP contribution in [0.4, 0.5) is 11.4 Å². The van der Waals surface area contributed by atoms with Gasteiger partial charge in [-0.1, -0.05) is 41.9 Å². The zero-order chi connectivity index (χ0) is 14.8. The van der Waals surface area contributed by atoms with Crippen molar-refractivity contribution in [2.75, 3.05) is 5.73 Å². The zero-order valence-electron chi connectivity index (χ0n) is 11.1. The van der Waals surface area contributed by atoms with Gasteiger partial charge in [0, 0.05) is 11.8 Å². The number of phenols is 1. The second-order valence-corrected chi connectivity index (χ2v) is 5.09. The Balaban J connectivity index is 2.06. The van der Waals surface area contributed by atoms with Crippen molar-refractivity contribution < 1.29 is 5.11 Å². The second kappa shape index (κ2) is 5.46. The molecular formula is C17H13ClN2O. The average Bonchev–Trinajstić information content (AvgIpc) is 2.50. The van der Waals surface area contributed by atoms with E-state index in [-0.39, 0.29) is 5.75 Å². The Hall–Kier alpha value is -2.52. The van der Waals surface area contributed by atoms with Gasteiger partial charge in [-0.05, 0) is 35.0 Å². The van der Waals surface area contributed by atoms with Gasteiger partial charge in [0.25, 0.3) is 0 Å². The standard InChI is InChI=1S/C17H13ClN2O/c18-15-9-12(6-7-16(15)19)20-10-14-13-4-2-1-3-11(13)5-8-17(14)21/h1-10,21H,19H2/b20-10+. The number of phenolic OH excluding ortho intramolecular Hbond substituents is 1. The third-order valence-corrected chi connectivity index (χ3v) is 3.60. The summed E-state index contributed by atoms with van der Waals surface area (Å²) < 4.78 is 0. The van der Waals surface area contributed by atoms with Crippen molar-refractivity contribution in [2.45, 2.75) is 0 Å². The summed E-state index contributed by atoms with van der Waals surface area (Å²) in [6.07, 6.45) is 1.64. The van der Waals surface area contributed by atoms with Crippen LogP contribution in [0.3, 0.4) is 0 Å². The number of nitrogens with zero attached hydrogens (tertiary/aromatic N) is 1. The highest BCUT2D eigenvalue weighted by atomic mass is 35.5. The third kappa shape index (κ3) is 2.69. The summed E-state index contributed by atoms with van der Waals surface area (Å²) in [4.78, 5) is 4.36. The first kappa shape index (κ1) is 13.5. The van der Waals surface area contributed by atoms with E-state index in [1.807, 2.05) is 30.3 Å². The van der Waals surface area contributed by atoms with Crippen molar-refractivity contribution >= 4 is 40.0 Å². The molecule has 0 heterocycles. The summed E-state index contributed by atoms with van der Waals surface area (Å²) >= 11 is 5.97. The fourth-order valence-corrected chi connectivity index (χ4v) is 2.33. The number of aromatic hydroxyl groups is 1. The Labute approximate surface area is 127 Å². The highest BCUT2D eigenvalue weighted by Gasteiger charge is 2.04. The number of hydrogen-bond acceptors (Lipinski definition) is 3. The van der Waals surface area contributed by atoms with Crippen LogP contribution in [0.5, 0.6) is 5.75 Å². The average molecular weight is 297 g/mol. The molecular weight excluding hydrogens is 284 g/mol. The Kier molecular flexibility index (Phi) is 3.50. The topological polar surface area (TPSA) is 58.6 Å². The van der Waals surface area contributed by atoms with E-state index < -0.39 is 0 Å². The summed E-state index contributed by atoms with van der Waals surface area (Å²) in [5.74, 6) is 0.194. The van der Waals surface area contributed by atoms with E-state index in [2.05, 4.69) is 4.99 Å². The van der Waals surface area contributed by atoms with Crippen LogP contribution in [0.1, 0.15) is 5.56 Å². The molecule has 21 heavy (non-hydrogen) atoms. The molecule has 4 heteroatoms. The molecule has 0 radical (unpaired) electrons. The molecule has 0 fully saturated rings. The minimum Gasteiger partial charge on any atom is -0.507 e. The molecule has 0 aromatic heterocycles. The summed E-state index contributed by atoms with van der Waals surface area (Å²) in [6.45, 7) is 0. The van der Waals surface area contributed by atoms with E-state index in [0.29, 0.717) is 22.0 Å². The molecule has 0 unspecified atom stereocenters. The van der Waals surface area contributed by atoms with Crippen molar-refractivity contribution in [3.8, 4) is 5.75 Å². The van der Waals surface area contributed by atoms with Crippen molar-refractivity contribution in [1.29, 1.82) is 0 Å². The summed E-state index contributed by atoms with van der Waals surface area (Å²) in [7, 11) is 0. The van der Waals surface area contributed by atoms with Gasteiger partial charge >= 0.3 is 0 Å². The number of nitrogens with two attached hydrogens (primary N) is 1. The Morgan fingerprint density at radius 2 is 1.86 bits per heavy atom. The molecule has 0 spiro atoms. The van der Waals surface area contributed by atoms with Crippen molar-refractivity contribution in [1.82, 2.24) is 0 Å². The normalized spacial score (nSPS) is 11.3. The van der Waals surface area contributed by atoms with Gasteiger partial charge in [-0.15, -0.1) is 0 Å². The third-order valence-electron chi connectivity index (χ3n) is 3.27. The number of benzene rings is 3. The SMILES string of the molecule is Nc1ccc(/N=C/c2c(O)ccc3ccccc23)cc1Cl. The lowest BCUT2D eigenvalue weighted by atomic mass is 10.0. The molecule has 0 aliphatic heterocycles. The molecule has 0 amide bonds. The molecule has 0 bridgehead atoms. The maximum atomic E-state index is 10.0. The molecule has 3 aromatic carbocycles. The lowest BCUT2D eigenvalue weighted by Crippen LogP contribution is -1.87. The second-order valence-electron chi connectivity index (χ2n) is 4.68. The number of halogens is 1. The maximum Gasteiger partial charge on any atom is 0.124 e. The van der Waals surface area contributed by atoms with Crippen LogP contribution in [-0.2, 0) is 0 Å². The van der Waals surface area contributed by atoms with Gasteiger partial charge in [-0.2, -0.15) is 0 Å². The smallest absolute Gasteiger partial charge is 0.124 e. The van der Waals surface area contributed by atoms with E-state index in [1.165, 1.54) is 0 Å². The minimum atomic E-state index is 0.194. The van der Waals surface area contributed by atoms with E-state index >= 15 is 0 Å². The van der Waals surface area contributed by atoms with Crippen LogP contribution in [0, 0.1) is 0 Å². The Morgan fingerprint density at radius 3 is 2.67 bits per heavy atom.